The summed E-state index contributed by atoms with van der Waals surface area (Å²) >= 11 is 0. The van der Waals surface area contributed by atoms with Crippen LogP contribution >= 0.6 is 0 Å². The Morgan fingerprint density at radius 3 is 2.50 bits per heavy atom. The minimum Gasteiger partial charge on any atom is -0.369 e. The number of fused-ring (bicyclic) bond motifs is 1. The van der Waals surface area contributed by atoms with Gasteiger partial charge >= 0.3 is 0 Å². The van der Waals surface area contributed by atoms with Gasteiger partial charge in [-0.25, -0.2) is 8.78 Å². The lowest BCUT2D eigenvalue weighted by Gasteiger charge is -2.15. The zero-order chi connectivity index (χ0) is 8.93. The van der Waals surface area contributed by atoms with Crippen molar-refractivity contribution in [2.75, 3.05) is 0 Å². The van der Waals surface area contributed by atoms with Crippen LogP contribution in [0.15, 0.2) is 0 Å². The first-order valence-electron chi connectivity index (χ1n) is 4.20. The van der Waals surface area contributed by atoms with E-state index in [1.807, 2.05) is 0 Å². The first kappa shape index (κ1) is 7.95. The van der Waals surface area contributed by atoms with Gasteiger partial charge in [0, 0.05) is 17.8 Å². The van der Waals surface area contributed by atoms with E-state index in [0.29, 0.717) is 19.3 Å². The number of hydrogen-bond acceptors (Lipinski definition) is 1. The zero-order valence-electron chi connectivity index (χ0n) is 6.59. The van der Waals surface area contributed by atoms with Crippen LogP contribution in [0.3, 0.4) is 0 Å². The molecule has 0 heterocycles. The zero-order valence-corrected chi connectivity index (χ0v) is 6.59. The Morgan fingerprint density at radius 1 is 1.33 bits per heavy atom. The summed E-state index contributed by atoms with van der Waals surface area (Å²) in [5.74, 6) is -4.22. The van der Waals surface area contributed by atoms with Crippen molar-refractivity contribution in [3.63, 3.8) is 0 Å². The van der Waals surface area contributed by atoms with Crippen molar-refractivity contribution in [2.24, 2.45) is 23.5 Å². The third kappa shape index (κ3) is 0.934. The maximum Gasteiger partial charge on any atom is 0.254 e. The molecule has 0 spiro atoms. The van der Waals surface area contributed by atoms with E-state index in [1.54, 1.807) is 0 Å². The monoisotopic (exact) mass is 175 g/mol. The van der Waals surface area contributed by atoms with E-state index in [1.165, 1.54) is 0 Å². The van der Waals surface area contributed by atoms with Gasteiger partial charge in [-0.15, -0.1) is 0 Å². The summed E-state index contributed by atoms with van der Waals surface area (Å²) in [6, 6.07) is 0. The summed E-state index contributed by atoms with van der Waals surface area (Å²) < 4.78 is 25.6. The molecule has 0 aromatic rings. The third-order valence-corrected chi connectivity index (χ3v) is 3.13. The molecule has 2 nitrogen and oxygen atoms in total. The van der Waals surface area contributed by atoms with Crippen molar-refractivity contribution in [3.8, 4) is 0 Å². The molecule has 2 fully saturated rings. The van der Waals surface area contributed by atoms with Gasteiger partial charge in [0.05, 0.1) is 0 Å². The van der Waals surface area contributed by atoms with Crippen LogP contribution in [0.4, 0.5) is 8.78 Å². The number of primary amides is 1. The minimum absolute atomic E-state index is 0.299. The Morgan fingerprint density at radius 2 is 2.00 bits per heavy atom. The summed E-state index contributed by atoms with van der Waals surface area (Å²) in [6.07, 6.45) is 1.31. The number of carbonyl (C=O) groups is 1. The molecule has 68 valence electrons. The molecule has 3 atom stereocenters. The first-order chi connectivity index (χ1) is 5.53. The Hall–Kier alpha value is -0.670. The molecule has 0 bridgehead atoms. The summed E-state index contributed by atoms with van der Waals surface area (Å²) in [6.45, 7) is 0. The number of halogens is 2. The fourth-order valence-corrected chi connectivity index (χ4v) is 2.24. The van der Waals surface area contributed by atoms with Gasteiger partial charge in [0.15, 0.2) is 0 Å². The fraction of sp³-hybridized carbons (Fsp3) is 0.875. The van der Waals surface area contributed by atoms with Crippen molar-refractivity contribution in [1.29, 1.82) is 0 Å². The smallest absolute Gasteiger partial charge is 0.254 e. The van der Waals surface area contributed by atoms with E-state index in [2.05, 4.69) is 0 Å². The van der Waals surface area contributed by atoms with Gasteiger partial charge in [-0.3, -0.25) is 4.79 Å². The van der Waals surface area contributed by atoms with Crippen LogP contribution in [-0.2, 0) is 4.79 Å². The highest BCUT2D eigenvalue weighted by Gasteiger charge is 2.69. The maximum absolute atomic E-state index is 12.8. The molecule has 0 radical (unpaired) electrons. The van der Waals surface area contributed by atoms with Gasteiger partial charge < -0.3 is 5.73 Å². The summed E-state index contributed by atoms with van der Waals surface area (Å²) in [5, 5.41) is 0. The van der Waals surface area contributed by atoms with Gasteiger partial charge in [-0.05, 0) is 19.3 Å². The highest BCUT2D eigenvalue weighted by molar-refractivity contribution is 5.76. The second-order valence-corrected chi connectivity index (χ2v) is 3.80. The van der Waals surface area contributed by atoms with Gasteiger partial charge in [-0.2, -0.15) is 0 Å². The van der Waals surface area contributed by atoms with Gasteiger partial charge in [0.2, 0.25) is 5.91 Å². The van der Waals surface area contributed by atoms with E-state index in [4.69, 9.17) is 5.73 Å². The number of rotatable bonds is 1. The van der Waals surface area contributed by atoms with Crippen LogP contribution in [0, 0.1) is 17.8 Å². The van der Waals surface area contributed by atoms with Crippen LogP contribution < -0.4 is 5.73 Å². The molecule has 2 aliphatic rings. The van der Waals surface area contributed by atoms with Gasteiger partial charge in [0.25, 0.3) is 5.92 Å². The topological polar surface area (TPSA) is 43.1 Å². The van der Waals surface area contributed by atoms with Crippen LogP contribution in [0.2, 0.25) is 0 Å². The highest BCUT2D eigenvalue weighted by Crippen LogP contribution is 2.63. The molecule has 2 rings (SSSR count). The fourth-order valence-electron chi connectivity index (χ4n) is 2.24. The number of alkyl halides is 2. The second kappa shape index (κ2) is 2.18. The summed E-state index contributed by atoms with van der Waals surface area (Å²) in [5.41, 5.74) is 5.05. The molecule has 2 aliphatic carbocycles. The molecule has 0 aromatic heterocycles. The molecule has 4 heteroatoms. The van der Waals surface area contributed by atoms with E-state index in [9.17, 15) is 13.6 Å². The van der Waals surface area contributed by atoms with Crippen molar-refractivity contribution in [2.45, 2.75) is 25.2 Å². The van der Waals surface area contributed by atoms with E-state index in [0.717, 1.165) is 0 Å². The minimum atomic E-state index is -2.50. The quantitative estimate of drug-likeness (QED) is 0.638. The van der Waals surface area contributed by atoms with Crippen LogP contribution in [0.1, 0.15) is 19.3 Å². The average molecular weight is 175 g/mol. The Balaban J connectivity index is 2.01. The van der Waals surface area contributed by atoms with Crippen LogP contribution in [-0.4, -0.2) is 11.8 Å². The molecule has 2 saturated carbocycles. The molecular weight excluding hydrogens is 164 g/mol. The summed E-state index contributed by atoms with van der Waals surface area (Å²) in [7, 11) is 0. The highest BCUT2D eigenvalue weighted by atomic mass is 19.3. The predicted octanol–water partition coefficient (Wildman–Crippen LogP) is 1.15. The molecule has 1 amide bonds. The molecule has 3 unspecified atom stereocenters. The second-order valence-electron chi connectivity index (χ2n) is 3.80. The van der Waals surface area contributed by atoms with Crippen molar-refractivity contribution in [3.05, 3.63) is 0 Å². The normalized spacial score (nSPS) is 43.3. The first-order valence-corrected chi connectivity index (χ1v) is 4.20. The van der Waals surface area contributed by atoms with Gasteiger partial charge in [0.1, 0.15) is 0 Å². The molecule has 12 heavy (non-hydrogen) atoms. The SMILES string of the molecule is NC(=O)C1CCC2C(C1)C2(F)F. The average Bonchev–Trinajstić information content (AvgIpc) is 2.55. The molecular formula is C8H11F2NO. The predicted molar refractivity (Wildman–Crippen MR) is 38.5 cm³/mol. The third-order valence-electron chi connectivity index (χ3n) is 3.13. The molecule has 0 aliphatic heterocycles. The maximum atomic E-state index is 12.8. The number of carbonyl (C=O) groups excluding carboxylic acids is 1. The van der Waals surface area contributed by atoms with Crippen molar-refractivity contribution < 1.29 is 13.6 Å². The number of nitrogens with two attached hydrogens (primary N) is 1. The molecule has 0 aromatic carbocycles. The van der Waals surface area contributed by atoms with Crippen LogP contribution in [0.25, 0.3) is 0 Å². The number of hydrogen-bond donors (Lipinski definition) is 1. The lowest BCUT2D eigenvalue weighted by molar-refractivity contribution is -0.122. The van der Waals surface area contributed by atoms with Crippen LogP contribution in [0.5, 0.6) is 0 Å². The molecule has 0 saturated heterocycles. The van der Waals surface area contributed by atoms with E-state index in [-0.39, 0.29) is 5.92 Å². The lowest BCUT2D eigenvalue weighted by Crippen LogP contribution is -2.25. The summed E-state index contributed by atoms with van der Waals surface area (Å²) in [4.78, 5) is 10.7. The standard InChI is InChI=1S/C8H11F2NO/c9-8(10)5-2-1-4(7(11)12)3-6(5)8/h4-6H,1-3H2,(H2,11,12). The Bertz CT molecular complexity index is 229. The lowest BCUT2D eigenvalue weighted by atomic mass is 9.89. The Kier molecular flexibility index (Phi) is 1.44. The van der Waals surface area contributed by atoms with Crippen molar-refractivity contribution in [1.82, 2.24) is 0 Å². The van der Waals surface area contributed by atoms with E-state index >= 15 is 0 Å². The number of amides is 1. The van der Waals surface area contributed by atoms with Crippen molar-refractivity contribution >= 4 is 5.91 Å². The molecule has 2 N–H and O–H groups in total. The Labute approximate surface area is 69.1 Å². The van der Waals surface area contributed by atoms with Gasteiger partial charge in [-0.1, -0.05) is 0 Å². The largest absolute Gasteiger partial charge is 0.369 e. The van der Waals surface area contributed by atoms with E-state index < -0.39 is 23.7 Å².